The van der Waals surface area contributed by atoms with E-state index >= 15 is 0 Å². The Kier molecular flexibility index (Phi) is 4.15. The van der Waals surface area contributed by atoms with E-state index in [9.17, 15) is 27.2 Å². The molecule has 1 aromatic carbocycles. The molecule has 0 radical (unpaired) electrons. The highest BCUT2D eigenvalue weighted by molar-refractivity contribution is 5.98. The monoisotopic (exact) mass is 304 g/mol. The topological polar surface area (TPSA) is 58.2 Å². The zero-order valence-corrected chi connectivity index (χ0v) is 10.7. The summed E-state index contributed by atoms with van der Waals surface area (Å²) in [5.74, 6) is -7.16. The molecule has 1 fully saturated rings. The minimum absolute atomic E-state index is 0.0942. The zero-order chi connectivity index (χ0) is 15.6. The number of hydrogen-bond acceptors (Lipinski definition) is 2. The Bertz CT molecular complexity index is 542. The van der Waals surface area contributed by atoms with Crippen molar-refractivity contribution in [2.24, 2.45) is 0 Å². The highest BCUT2D eigenvalue weighted by Gasteiger charge is 2.48. The van der Waals surface area contributed by atoms with E-state index in [1.165, 1.54) is 24.3 Å². The third-order valence-corrected chi connectivity index (χ3v) is 2.89. The second kappa shape index (κ2) is 5.71. The van der Waals surface area contributed by atoms with Crippen LogP contribution in [0.1, 0.15) is 23.2 Å². The molecule has 0 saturated heterocycles. The van der Waals surface area contributed by atoms with Gasteiger partial charge in [0.1, 0.15) is 0 Å². The molecule has 0 unspecified atom stereocenters. The Morgan fingerprint density at radius 1 is 1.14 bits per heavy atom. The molecule has 0 heterocycles. The number of anilines is 1. The fourth-order valence-electron chi connectivity index (χ4n) is 1.51. The van der Waals surface area contributed by atoms with E-state index in [-0.39, 0.29) is 17.6 Å². The number of rotatable bonds is 5. The average molecular weight is 304 g/mol. The van der Waals surface area contributed by atoms with Crippen LogP contribution in [0.25, 0.3) is 0 Å². The normalized spacial score (nSPS) is 14.9. The molecule has 0 bridgehead atoms. The standard InChI is InChI=1S/C13H12F4N2O2/c14-11(15)13(16,17)12(21)19-9-3-1-7(2-4-9)10(20)18-8-5-6-8/h1-4,8,11H,5-6H2,(H,18,20)(H,19,21). The molecule has 2 amide bonds. The smallest absolute Gasteiger partial charge is 0.349 e. The van der Waals surface area contributed by atoms with Gasteiger partial charge in [-0.25, -0.2) is 8.78 Å². The summed E-state index contributed by atoms with van der Waals surface area (Å²) in [5.41, 5.74) is 0.198. The summed E-state index contributed by atoms with van der Waals surface area (Å²) in [5, 5.41) is 4.41. The van der Waals surface area contributed by atoms with Gasteiger partial charge < -0.3 is 10.6 Å². The van der Waals surface area contributed by atoms with Crippen molar-refractivity contribution in [2.45, 2.75) is 31.2 Å². The van der Waals surface area contributed by atoms with Crippen LogP contribution in [-0.4, -0.2) is 30.2 Å². The first kappa shape index (κ1) is 15.3. The van der Waals surface area contributed by atoms with Gasteiger partial charge in [0.05, 0.1) is 0 Å². The third-order valence-electron chi connectivity index (χ3n) is 2.89. The lowest BCUT2D eigenvalue weighted by molar-refractivity contribution is -0.163. The predicted octanol–water partition coefficient (Wildman–Crippen LogP) is 2.42. The summed E-state index contributed by atoms with van der Waals surface area (Å²) in [4.78, 5) is 22.7. The highest BCUT2D eigenvalue weighted by atomic mass is 19.3. The molecular weight excluding hydrogens is 292 g/mol. The minimum Gasteiger partial charge on any atom is -0.349 e. The maximum absolute atomic E-state index is 12.8. The molecule has 1 aliphatic carbocycles. The molecule has 0 atom stereocenters. The highest BCUT2D eigenvalue weighted by Crippen LogP contribution is 2.25. The maximum Gasteiger partial charge on any atom is 0.383 e. The van der Waals surface area contributed by atoms with Crippen LogP contribution in [-0.2, 0) is 4.79 Å². The largest absolute Gasteiger partial charge is 0.383 e. The van der Waals surface area contributed by atoms with Crippen molar-refractivity contribution in [1.82, 2.24) is 5.32 Å². The van der Waals surface area contributed by atoms with Gasteiger partial charge >= 0.3 is 18.3 Å². The molecule has 1 aromatic rings. The van der Waals surface area contributed by atoms with Gasteiger partial charge in [0.15, 0.2) is 0 Å². The van der Waals surface area contributed by atoms with E-state index in [2.05, 4.69) is 5.32 Å². The molecule has 0 aromatic heterocycles. The van der Waals surface area contributed by atoms with Gasteiger partial charge in [-0.3, -0.25) is 9.59 Å². The molecule has 2 rings (SSSR count). The number of nitrogens with one attached hydrogen (secondary N) is 2. The van der Waals surface area contributed by atoms with Crippen LogP contribution in [0.2, 0.25) is 0 Å². The Morgan fingerprint density at radius 2 is 1.71 bits per heavy atom. The maximum atomic E-state index is 12.8. The van der Waals surface area contributed by atoms with Gasteiger partial charge in [-0.2, -0.15) is 8.78 Å². The van der Waals surface area contributed by atoms with Crippen molar-refractivity contribution < 1.29 is 27.2 Å². The number of carbonyl (C=O) groups excluding carboxylic acids is 2. The van der Waals surface area contributed by atoms with Crippen molar-refractivity contribution in [3.8, 4) is 0 Å². The predicted molar refractivity (Wildman–Crippen MR) is 66.5 cm³/mol. The lowest BCUT2D eigenvalue weighted by Gasteiger charge is -2.14. The first-order valence-electron chi connectivity index (χ1n) is 6.19. The van der Waals surface area contributed by atoms with E-state index in [1.807, 2.05) is 0 Å². The Balaban J connectivity index is 1.98. The lowest BCUT2D eigenvalue weighted by Crippen LogP contribution is -2.40. The van der Waals surface area contributed by atoms with Crippen LogP contribution >= 0.6 is 0 Å². The van der Waals surface area contributed by atoms with Crippen molar-refractivity contribution in [1.29, 1.82) is 0 Å². The van der Waals surface area contributed by atoms with Gasteiger partial charge in [0, 0.05) is 17.3 Å². The fraction of sp³-hybridized carbons (Fsp3) is 0.385. The summed E-state index contributed by atoms with van der Waals surface area (Å²) in [6, 6.07) is 5.19. The first-order chi connectivity index (χ1) is 9.80. The number of alkyl halides is 4. The van der Waals surface area contributed by atoms with E-state index < -0.39 is 18.3 Å². The van der Waals surface area contributed by atoms with Crippen LogP contribution in [0.3, 0.4) is 0 Å². The Morgan fingerprint density at radius 3 is 2.19 bits per heavy atom. The lowest BCUT2D eigenvalue weighted by atomic mass is 10.2. The summed E-state index contributed by atoms with van der Waals surface area (Å²) in [7, 11) is 0. The number of hydrogen-bond donors (Lipinski definition) is 2. The van der Waals surface area contributed by atoms with E-state index in [0.29, 0.717) is 5.56 Å². The van der Waals surface area contributed by atoms with Crippen LogP contribution in [0.4, 0.5) is 23.2 Å². The molecule has 0 spiro atoms. The van der Waals surface area contributed by atoms with Crippen molar-refractivity contribution in [3.05, 3.63) is 29.8 Å². The number of halogens is 4. The molecule has 2 N–H and O–H groups in total. The van der Waals surface area contributed by atoms with Crippen molar-refractivity contribution >= 4 is 17.5 Å². The molecule has 1 saturated carbocycles. The van der Waals surface area contributed by atoms with E-state index in [4.69, 9.17) is 0 Å². The van der Waals surface area contributed by atoms with E-state index in [0.717, 1.165) is 12.8 Å². The van der Waals surface area contributed by atoms with Gasteiger partial charge in [0.25, 0.3) is 5.91 Å². The Labute approximate surface area is 117 Å². The molecule has 4 nitrogen and oxygen atoms in total. The Hall–Kier alpha value is -2.12. The van der Waals surface area contributed by atoms with Crippen LogP contribution < -0.4 is 10.6 Å². The van der Waals surface area contributed by atoms with E-state index in [1.54, 1.807) is 5.32 Å². The average Bonchev–Trinajstić information content (AvgIpc) is 3.23. The third kappa shape index (κ3) is 3.71. The summed E-state index contributed by atoms with van der Waals surface area (Å²) in [6.07, 6.45) is -2.24. The minimum atomic E-state index is -4.76. The van der Waals surface area contributed by atoms with Gasteiger partial charge in [-0.15, -0.1) is 0 Å². The van der Waals surface area contributed by atoms with Crippen molar-refractivity contribution in [2.75, 3.05) is 5.32 Å². The quantitative estimate of drug-likeness (QED) is 0.821. The number of amides is 2. The summed E-state index contributed by atoms with van der Waals surface area (Å²) < 4.78 is 49.5. The molecule has 114 valence electrons. The molecule has 21 heavy (non-hydrogen) atoms. The number of benzene rings is 1. The fourth-order valence-corrected chi connectivity index (χ4v) is 1.51. The zero-order valence-electron chi connectivity index (χ0n) is 10.7. The molecule has 8 heteroatoms. The molecule has 0 aliphatic heterocycles. The molecule has 1 aliphatic rings. The van der Waals surface area contributed by atoms with Gasteiger partial charge in [-0.05, 0) is 37.1 Å². The van der Waals surface area contributed by atoms with Crippen molar-refractivity contribution in [3.63, 3.8) is 0 Å². The summed E-state index contributed by atoms with van der Waals surface area (Å²) in [6.45, 7) is 0. The summed E-state index contributed by atoms with van der Waals surface area (Å²) >= 11 is 0. The van der Waals surface area contributed by atoms with Crippen LogP contribution in [0.15, 0.2) is 24.3 Å². The van der Waals surface area contributed by atoms with Gasteiger partial charge in [-0.1, -0.05) is 0 Å². The van der Waals surface area contributed by atoms with Crippen LogP contribution in [0.5, 0.6) is 0 Å². The second-order valence-electron chi connectivity index (χ2n) is 4.70. The SMILES string of the molecule is O=C(NC1CC1)c1ccc(NC(=O)C(F)(F)C(F)F)cc1. The van der Waals surface area contributed by atoms with Gasteiger partial charge in [0.2, 0.25) is 0 Å². The number of carbonyl (C=O) groups is 2. The second-order valence-corrected chi connectivity index (χ2v) is 4.70. The van der Waals surface area contributed by atoms with Crippen LogP contribution in [0, 0.1) is 0 Å². The first-order valence-corrected chi connectivity index (χ1v) is 6.19. The molecular formula is C13H12F4N2O2.